The number of ketones is 1. The van der Waals surface area contributed by atoms with Gasteiger partial charge in [0.2, 0.25) is 0 Å². The van der Waals surface area contributed by atoms with Crippen molar-refractivity contribution < 1.29 is 18.0 Å². The number of nitrogens with zero attached hydrogens (tertiary/aromatic N) is 1. The van der Waals surface area contributed by atoms with E-state index in [1.807, 2.05) is 0 Å². The van der Waals surface area contributed by atoms with Crippen molar-refractivity contribution in [1.29, 1.82) is 0 Å². The lowest BCUT2D eigenvalue weighted by Crippen LogP contribution is -2.05. The van der Waals surface area contributed by atoms with Gasteiger partial charge in [-0.2, -0.15) is 13.2 Å². The average Bonchev–Trinajstić information content (AvgIpc) is 2.45. The number of aromatic nitrogens is 1. The number of allylic oxidation sites excluding steroid dienone is 1. The van der Waals surface area contributed by atoms with Crippen LogP contribution in [0.15, 0.2) is 48.8 Å². The van der Waals surface area contributed by atoms with Crippen LogP contribution in [0.4, 0.5) is 13.2 Å². The molecule has 0 N–H and O–H groups in total. The van der Waals surface area contributed by atoms with E-state index in [0.717, 1.165) is 12.1 Å². The molecule has 0 radical (unpaired) electrons. The molecule has 5 heteroatoms. The Bertz CT molecular complexity index is 676. The molecule has 2 rings (SSSR count). The lowest BCUT2D eigenvalue weighted by molar-refractivity contribution is -0.137. The smallest absolute Gasteiger partial charge is 0.295 e. The van der Waals surface area contributed by atoms with Gasteiger partial charge in [0.15, 0.2) is 5.78 Å². The molecule has 0 bridgehead atoms. The van der Waals surface area contributed by atoms with E-state index in [-0.39, 0.29) is 5.78 Å². The quantitative estimate of drug-likeness (QED) is 0.786. The Balaban J connectivity index is 2.58. The van der Waals surface area contributed by atoms with Gasteiger partial charge in [0.25, 0.3) is 0 Å². The first kappa shape index (κ1) is 15.0. The van der Waals surface area contributed by atoms with Gasteiger partial charge in [-0.25, -0.2) is 0 Å². The van der Waals surface area contributed by atoms with E-state index in [4.69, 9.17) is 0 Å². The summed E-state index contributed by atoms with van der Waals surface area (Å²) < 4.78 is 38.5. The van der Waals surface area contributed by atoms with Crippen molar-refractivity contribution >= 4 is 11.9 Å². The summed E-state index contributed by atoms with van der Waals surface area (Å²) in [5.74, 6) is -0.174. The summed E-state index contributed by atoms with van der Waals surface area (Å²) in [7, 11) is 0. The van der Waals surface area contributed by atoms with Crippen molar-refractivity contribution in [1.82, 2.24) is 4.98 Å². The van der Waals surface area contributed by atoms with Crippen molar-refractivity contribution in [2.45, 2.75) is 13.1 Å². The standard InChI is InChI=1S/C16H12F3NO/c1-11(21)4-5-12-6-7-14(16(17,18)19)9-15(12)13-3-2-8-20-10-13/h2-10H,1H3/b5-4+. The molecular formula is C16H12F3NO. The maximum atomic E-state index is 12.8. The molecule has 1 aromatic carbocycles. The fraction of sp³-hybridized carbons (Fsp3) is 0.125. The molecule has 2 aromatic rings. The van der Waals surface area contributed by atoms with Crippen LogP contribution in [0.1, 0.15) is 18.1 Å². The second-order valence-electron chi connectivity index (χ2n) is 4.49. The van der Waals surface area contributed by atoms with Crippen LogP contribution in [0.5, 0.6) is 0 Å². The minimum absolute atomic E-state index is 0.174. The molecule has 0 saturated heterocycles. The molecule has 0 aliphatic heterocycles. The van der Waals surface area contributed by atoms with Crippen molar-refractivity contribution in [2.24, 2.45) is 0 Å². The molecule has 0 saturated carbocycles. The highest BCUT2D eigenvalue weighted by molar-refractivity contribution is 5.93. The highest BCUT2D eigenvalue weighted by atomic mass is 19.4. The predicted molar refractivity (Wildman–Crippen MR) is 74.4 cm³/mol. The van der Waals surface area contributed by atoms with E-state index in [1.165, 1.54) is 31.3 Å². The number of hydrogen-bond donors (Lipinski definition) is 0. The molecule has 0 fully saturated rings. The minimum atomic E-state index is -4.42. The third kappa shape index (κ3) is 3.78. The Morgan fingerprint density at radius 3 is 2.57 bits per heavy atom. The first-order valence-corrected chi connectivity index (χ1v) is 6.18. The number of hydrogen-bond acceptors (Lipinski definition) is 2. The van der Waals surface area contributed by atoms with Gasteiger partial charge < -0.3 is 0 Å². The Morgan fingerprint density at radius 1 is 1.24 bits per heavy atom. The van der Waals surface area contributed by atoms with Crippen LogP contribution in [0.25, 0.3) is 17.2 Å². The number of alkyl halides is 3. The lowest BCUT2D eigenvalue weighted by atomic mass is 9.97. The molecule has 0 spiro atoms. The maximum Gasteiger partial charge on any atom is 0.416 e. The molecule has 1 aromatic heterocycles. The fourth-order valence-corrected chi connectivity index (χ4v) is 1.86. The molecule has 0 aliphatic carbocycles. The number of rotatable bonds is 3. The zero-order valence-corrected chi connectivity index (χ0v) is 11.2. The first-order valence-electron chi connectivity index (χ1n) is 6.18. The van der Waals surface area contributed by atoms with Gasteiger partial charge in [0.1, 0.15) is 0 Å². The van der Waals surface area contributed by atoms with Crippen LogP contribution in [0.2, 0.25) is 0 Å². The highest BCUT2D eigenvalue weighted by Crippen LogP contribution is 2.34. The van der Waals surface area contributed by atoms with E-state index < -0.39 is 11.7 Å². The summed E-state index contributed by atoms with van der Waals surface area (Å²) in [5, 5.41) is 0. The van der Waals surface area contributed by atoms with Gasteiger partial charge in [-0.05, 0) is 42.3 Å². The first-order chi connectivity index (χ1) is 9.88. The summed E-state index contributed by atoms with van der Waals surface area (Å²) in [6, 6.07) is 6.74. The summed E-state index contributed by atoms with van der Waals surface area (Å²) in [4.78, 5) is 14.9. The molecule has 0 aliphatic rings. The van der Waals surface area contributed by atoms with Gasteiger partial charge in [0.05, 0.1) is 5.56 Å². The Kier molecular flexibility index (Phi) is 4.21. The Morgan fingerprint density at radius 2 is 2.00 bits per heavy atom. The maximum absolute atomic E-state index is 12.8. The fourth-order valence-electron chi connectivity index (χ4n) is 1.86. The van der Waals surface area contributed by atoms with Gasteiger partial charge in [-0.15, -0.1) is 0 Å². The number of pyridine rings is 1. The van der Waals surface area contributed by atoms with Gasteiger partial charge in [-0.1, -0.05) is 18.2 Å². The molecular weight excluding hydrogens is 279 g/mol. The molecule has 1 heterocycles. The summed E-state index contributed by atoms with van der Waals surface area (Å²) in [6.45, 7) is 1.38. The molecule has 0 amide bonds. The number of halogens is 3. The number of carbonyl (C=O) groups excluding carboxylic acids is 1. The monoisotopic (exact) mass is 291 g/mol. The van der Waals surface area contributed by atoms with E-state index in [9.17, 15) is 18.0 Å². The minimum Gasteiger partial charge on any atom is -0.295 e. The van der Waals surface area contributed by atoms with E-state index in [0.29, 0.717) is 16.7 Å². The second-order valence-corrected chi connectivity index (χ2v) is 4.49. The summed E-state index contributed by atoms with van der Waals surface area (Å²) >= 11 is 0. The van der Waals surface area contributed by atoms with Gasteiger partial charge in [-0.3, -0.25) is 9.78 Å². The third-order valence-corrected chi connectivity index (χ3v) is 2.85. The van der Waals surface area contributed by atoms with E-state index in [2.05, 4.69) is 4.98 Å². The van der Waals surface area contributed by atoms with Crippen LogP contribution >= 0.6 is 0 Å². The average molecular weight is 291 g/mol. The zero-order valence-electron chi connectivity index (χ0n) is 11.2. The van der Waals surface area contributed by atoms with Crippen molar-refractivity contribution in [3.63, 3.8) is 0 Å². The molecule has 108 valence electrons. The van der Waals surface area contributed by atoms with Crippen LogP contribution in [0, 0.1) is 0 Å². The number of benzene rings is 1. The van der Waals surface area contributed by atoms with Crippen molar-refractivity contribution in [2.75, 3.05) is 0 Å². The third-order valence-electron chi connectivity index (χ3n) is 2.85. The van der Waals surface area contributed by atoms with Gasteiger partial charge in [0, 0.05) is 18.0 Å². The lowest BCUT2D eigenvalue weighted by Gasteiger charge is -2.11. The van der Waals surface area contributed by atoms with E-state index >= 15 is 0 Å². The summed E-state index contributed by atoms with van der Waals surface area (Å²) in [6.07, 6.45) is 1.44. The molecule has 2 nitrogen and oxygen atoms in total. The topological polar surface area (TPSA) is 30.0 Å². The molecule has 21 heavy (non-hydrogen) atoms. The van der Waals surface area contributed by atoms with Crippen molar-refractivity contribution in [3.8, 4) is 11.1 Å². The van der Waals surface area contributed by atoms with Crippen molar-refractivity contribution in [3.05, 3.63) is 59.9 Å². The van der Waals surface area contributed by atoms with Crippen LogP contribution < -0.4 is 0 Å². The second kappa shape index (κ2) is 5.91. The highest BCUT2D eigenvalue weighted by Gasteiger charge is 2.30. The van der Waals surface area contributed by atoms with Gasteiger partial charge >= 0.3 is 6.18 Å². The predicted octanol–water partition coefficient (Wildman–Crippen LogP) is 4.37. The Hall–Kier alpha value is -2.43. The summed E-state index contributed by atoms with van der Waals surface area (Å²) in [5.41, 5.74) is 0.745. The zero-order chi connectivity index (χ0) is 15.5. The van der Waals surface area contributed by atoms with Crippen LogP contribution in [-0.4, -0.2) is 10.8 Å². The number of carbonyl (C=O) groups is 1. The normalized spacial score (nSPS) is 11.8. The molecule has 0 unspecified atom stereocenters. The van der Waals surface area contributed by atoms with Crippen LogP contribution in [0.3, 0.4) is 0 Å². The molecule has 0 atom stereocenters. The van der Waals surface area contributed by atoms with Crippen LogP contribution in [-0.2, 0) is 11.0 Å². The Labute approximate surface area is 120 Å². The SMILES string of the molecule is CC(=O)/C=C/c1ccc(C(F)(F)F)cc1-c1cccnc1. The van der Waals surface area contributed by atoms with E-state index in [1.54, 1.807) is 18.3 Å². The largest absolute Gasteiger partial charge is 0.416 e.